The van der Waals surface area contributed by atoms with Gasteiger partial charge in [0.1, 0.15) is 0 Å². The van der Waals surface area contributed by atoms with Crippen molar-refractivity contribution in [2.24, 2.45) is 5.73 Å². The van der Waals surface area contributed by atoms with Gasteiger partial charge < -0.3 is 11.1 Å². The molecule has 3 aromatic rings. The van der Waals surface area contributed by atoms with Crippen LogP contribution in [0, 0.1) is 0 Å². The van der Waals surface area contributed by atoms with Crippen LogP contribution in [0.4, 0.5) is 0 Å². The number of nitrogens with one attached hydrogen (secondary N) is 1. The first-order valence-corrected chi connectivity index (χ1v) is 6.70. The van der Waals surface area contributed by atoms with E-state index in [2.05, 4.69) is 11.4 Å². The van der Waals surface area contributed by atoms with Crippen molar-refractivity contribution >= 4 is 27.5 Å². The van der Waals surface area contributed by atoms with E-state index in [1.165, 1.54) is 0 Å². The van der Waals surface area contributed by atoms with Gasteiger partial charge in [-0.25, -0.2) is 0 Å². The van der Waals surface area contributed by atoms with Crippen LogP contribution < -0.4 is 11.1 Å². The average Bonchev–Trinajstić information content (AvgIpc) is 2.50. The molecule has 3 N–H and O–H groups in total. The smallest absolute Gasteiger partial charge is 0.252 e. The predicted molar refractivity (Wildman–Crippen MR) is 82.8 cm³/mol. The van der Waals surface area contributed by atoms with E-state index in [0.717, 1.165) is 27.1 Å². The van der Waals surface area contributed by atoms with Crippen LogP contribution in [0.2, 0.25) is 0 Å². The highest BCUT2D eigenvalue weighted by Crippen LogP contribution is 2.28. The first kappa shape index (κ1) is 12.6. The highest BCUT2D eigenvalue weighted by molar-refractivity contribution is 6.18. The van der Waals surface area contributed by atoms with Crippen molar-refractivity contribution < 1.29 is 4.79 Å². The standard InChI is InChI=1S/C17H16N2O/c18-9-10-19-17(20)16-14-7-3-1-5-12(14)11-13-6-2-4-8-15(13)16/h1-8,11H,9-10,18H2,(H,19,20). The Kier molecular flexibility index (Phi) is 3.35. The maximum atomic E-state index is 12.5. The van der Waals surface area contributed by atoms with E-state index in [9.17, 15) is 4.79 Å². The fraction of sp³-hybridized carbons (Fsp3) is 0.118. The van der Waals surface area contributed by atoms with Crippen LogP contribution in [0.25, 0.3) is 21.5 Å². The maximum absolute atomic E-state index is 12.5. The number of fused-ring (bicyclic) bond motifs is 2. The molecule has 3 nitrogen and oxygen atoms in total. The second kappa shape index (κ2) is 5.31. The summed E-state index contributed by atoms with van der Waals surface area (Å²) in [5, 5.41) is 6.96. The summed E-state index contributed by atoms with van der Waals surface area (Å²) in [6, 6.07) is 18.0. The summed E-state index contributed by atoms with van der Waals surface area (Å²) in [5.74, 6) is -0.0663. The summed E-state index contributed by atoms with van der Waals surface area (Å²) >= 11 is 0. The third-order valence-electron chi connectivity index (χ3n) is 3.43. The minimum Gasteiger partial charge on any atom is -0.351 e. The molecule has 0 spiro atoms. The van der Waals surface area contributed by atoms with Gasteiger partial charge in [0, 0.05) is 13.1 Å². The average molecular weight is 264 g/mol. The molecule has 3 heteroatoms. The molecule has 1 amide bonds. The normalized spacial score (nSPS) is 10.8. The highest BCUT2D eigenvalue weighted by Gasteiger charge is 2.13. The molecule has 0 unspecified atom stereocenters. The monoisotopic (exact) mass is 264 g/mol. The Morgan fingerprint density at radius 3 is 2.05 bits per heavy atom. The van der Waals surface area contributed by atoms with Gasteiger partial charge in [0.25, 0.3) is 5.91 Å². The topological polar surface area (TPSA) is 55.1 Å². The number of amides is 1. The van der Waals surface area contributed by atoms with Gasteiger partial charge >= 0.3 is 0 Å². The second-order valence-corrected chi connectivity index (χ2v) is 4.74. The molecule has 0 saturated carbocycles. The Bertz CT molecular complexity index is 726. The molecule has 0 heterocycles. The number of nitrogens with two attached hydrogens (primary N) is 1. The highest BCUT2D eigenvalue weighted by atomic mass is 16.1. The van der Waals surface area contributed by atoms with Crippen LogP contribution in [0.5, 0.6) is 0 Å². The van der Waals surface area contributed by atoms with Crippen molar-refractivity contribution in [1.29, 1.82) is 0 Å². The fourth-order valence-corrected chi connectivity index (χ4v) is 2.53. The molecule has 0 aliphatic rings. The lowest BCUT2D eigenvalue weighted by atomic mass is 9.96. The molecule has 20 heavy (non-hydrogen) atoms. The van der Waals surface area contributed by atoms with Gasteiger partial charge in [-0.1, -0.05) is 48.5 Å². The Labute approximate surface area is 117 Å². The van der Waals surface area contributed by atoms with Crippen LogP contribution in [0.15, 0.2) is 54.6 Å². The molecule has 0 radical (unpaired) electrons. The summed E-state index contributed by atoms with van der Waals surface area (Å²) in [7, 11) is 0. The van der Waals surface area contributed by atoms with Crippen LogP contribution in [0.3, 0.4) is 0 Å². The van der Waals surface area contributed by atoms with Gasteiger partial charge in [0.2, 0.25) is 0 Å². The first-order chi connectivity index (χ1) is 9.81. The Balaban J connectivity index is 2.30. The third kappa shape index (κ3) is 2.12. The summed E-state index contributed by atoms with van der Waals surface area (Å²) < 4.78 is 0. The van der Waals surface area contributed by atoms with Crippen LogP contribution in [-0.2, 0) is 0 Å². The zero-order chi connectivity index (χ0) is 13.9. The molecular weight excluding hydrogens is 248 g/mol. The number of carbonyl (C=O) groups is 1. The van der Waals surface area contributed by atoms with E-state index in [4.69, 9.17) is 5.73 Å². The molecule has 0 saturated heterocycles. The third-order valence-corrected chi connectivity index (χ3v) is 3.43. The molecule has 0 atom stereocenters. The molecule has 0 aromatic heterocycles. The van der Waals surface area contributed by atoms with Crippen molar-refractivity contribution in [3.63, 3.8) is 0 Å². The zero-order valence-corrected chi connectivity index (χ0v) is 11.1. The van der Waals surface area contributed by atoms with Crippen LogP contribution >= 0.6 is 0 Å². The Morgan fingerprint density at radius 2 is 1.50 bits per heavy atom. The van der Waals surface area contributed by atoms with Gasteiger partial charge in [0.15, 0.2) is 0 Å². The molecule has 0 fully saturated rings. The van der Waals surface area contributed by atoms with Gasteiger partial charge in [-0.05, 0) is 27.6 Å². The minimum atomic E-state index is -0.0663. The van der Waals surface area contributed by atoms with Crippen molar-refractivity contribution in [2.45, 2.75) is 0 Å². The lowest BCUT2D eigenvalue weighted by Crippen LogP contribution is -2.29. The van der Waals surface area contributed by atoms with Gasteiger partial charge in [0.05, 0.1) is 5.56 Å². The molecule has 100 valence electrons. The van der Waals surface area contributed by atoms with E-state index in [-0.39, 0.29) is 5.91 Å². The van der Waals surface area contributed by atoms with Gasteiger partial charge in [-0.3, -0.25) is 4.79 Å². The second-order valence-electron chi connectivity index (χ2n) is 4.74. The van der Waals surface area contributed by atoms with Crippen molar-refractivity contribution in [2.75, 3.05) is 13.1 Å². The zero-order valence-electron chi connectivity index (χ0n) is 11.1. The largest absolute Gasteiger partial charge is 0.351 e. The summed E-state index contributed by atoms with van der Waals surface area (Å²) in [5.41, 5.74) is 6.19. The van der Waals surface area contributed by atoms with E-state index in [1.54, 1.807) is 0 Å². The van der Waals surface area contributed by atoms with E-state index >= 15 is 0 Å². The fourth-order valence-electron chi connectivity index (χ4n) is 2.53. The SMILES string of the molecule is NCCNC(=O)c1c2ccccc2cc2ccccc12. The van der Waals surface area contributed by atoms with Crippen molar-refractivity contribution in [1.82, 2.24) is 5.32 Å². The molecule has 0 aliphatic carbocycles. The summed E-state index contributed by atoms with van der Waals surface area (Å²) in [6.07, 6.45) is 0. The predicted octanol–water partition coefficient (Wildman–Crippen LogP) is 2.68. The lowest BCUT2D eigenvalue weighted by molar-refractivity contribution is 0.0958. The van der Waals surface area contributed by atoms with E-state index in [1.807, 2.05) is 48.5 Å². The number of hydrogen-bond acceptors (Lipinski definition) is 2. The summed E-state index contributed by atoms with van der Waals surface area (Å²) in [4.78, 5) is 12.5. The Hall–Kier alpha value is -2.39. The van der Waals surface area contributed by atoms with Crippen LogP contribution in [-0.4, -0.2) is 19.0 Å². The van der Waals surface area contributed by atoms with Gasteiger partial charge in [-0.15, -0.1) is 0 Å². The maximum Gasteiger partial charge on any atom is 0.252 e. The number of benzene rings is 3. The van der Waals surface area contributed by atoms with E-state index in [0.29, 0.717) is 13.1 Å². The summed E-state index contributed by atoms with van der Waals surface area (Å²) in [6.45, 7) is 0.921. The number of hydrogen-bond donors (Lipinski definition) is 2. The molecule has 3 rings (SSSR count). The lowest BCUT2D eigenvalue weighted by Gasteiger charge is -2.11. The molecular formula is C17H16N2O. The van der Waals surface area contributed by atoms with Crippen molar-refractivity contribution in [3.8, 4) is 0 Å². The first-order valence-electron chi connectivity index (χ1n) is 6.70. The minimum absolute atomic E-state index is 0.0663. The molecule has 0 bridgehead atoms. The van der Waals surface area contributed by atoms with Crippen LogP contribution in [0.1, 0.15) is 10.4 Å². The molecule has 3 aromatic carbocycles. The van der Waals surface area contributed by atoms with Gasteiger partial charge in [-0.2, -0.15) is 0 Å². The number of carbonyl (C=O) groups excluding carboxylic acids is 1. The van der Waals surface area contributed by atoms with E-state index < -0.39 is 0 Å². The Morgan fingerprint density at radius 1 is 0.950 bits per heavy atom. The molecule has 0 aliphatic heterocycles. The number of rotatable bonds is 3. The van der Waals surface area contributed by atoms with Crippen molar-refractivity contribution in [3.05, 3.63) is 60.2 Å². The quantitative estimate of drug-likeness (QED) is 0.715.